The lowest BCUT2D eigenvalue weighted by Gasteiger charge is -2.27. The molecule has 1 aromatic heterocycles. The zero-order valence-electron chi connectivity index (χ0n) is 19.5. The first-order chi connectivity index (χ1) is 16.6. The summed E-state index contributed by atoms with van der Waals surface area (Å²) in [5.41, 5.74) is -1.46. The minimum atomic E-state index is -4.25. The molecule has 4 rings (SSSR count). The number of halogens is 3. The van der Waals surface area contributed by atoms with Crippen LogP contribution in [-0.4, -0.2) is 67.0 Å². The Morgan fingerprint density at radius 3 is 2.69 bits per heavy atom. The summed E-state index contributed by atoms with van der Waals surface area (Å²) in [7, 11) is -4.25. The van der Waals surface area contributed by atoms with E-state index in [4.69, 9.17) is 9.26 Å². The largest absolute Gasteiger partial charge is 0.444 e. The summed E-state index contributed by atoms with van der Waals surface area (Å²) in [6, 6.07) is 0.196. The number of rotatable bonds is 3. The first kappa shape index (κ1) is 25.9. The summed E-state index contributed by atoms with van der Waals surface area (Å²) in [6.45, 7) is 4.45. The predicted molar refractivity (Wildman–Crippen MR) is 119 cm³/mol. The molecule has 3 heterocycles. The van der Waals surface area contributed by atoms with Gasteiger partial charge in [-0.25, -0.2) is 26.4 Å². The SMILES string of the molecule is CC(C)(C)OC(=O)N[C@H]1CS(=O)(=O)c2cc(F)c(-c3noc(C4CNCC(F)(F)C4)n3)cc2NC1=O. The van der Waals surface area contributed by atoms with Gasteiger partial charge in [-0.2, -0.15) is 4.98 Å². The van der Waals surface area contributed by atoms with E-state index in [0.29, 0.717) is 6.07 Å². The lowest BCUT2D eigenvalue weighted by atomic mass is 9.97. The molecule has 3 N–H and O–H groups in total. The fourth-order valence-electron chi connectivity index (χ4n) is 3.86. The average Bonchev–Trinajstić information content (AvgIpc) is 3.19. The van der Waals surface area contributed by atoms with E-state index in [2.05, 4.69) is 26.1 Å². The lowest BCUT2D eigenvalue weighted by Crippen LogP contribution is -2.48. The number of ether oxygens (including phenoxy) is 1. The standard InChI is InChI=1S/C21H24F3N5O6S/c1-20(2,3)34-19(31)27-14-8-36(32,33)15-5-12(22)11(4-13(15)26-17(14)30)16-28-18(35-29-16)10-6-21(23,24)9-25-7-10/h4-5,10,14,25H,6-9H2,1-3H3,(H,26,30)(H,27,31)/t10?,14-/m0/s1. The Kier molecular flexibility index (Phi) is 6.49. The van der Waals surface area contributed by atoms with Crippen LogP contribution in [0.1, 0.15) is 39.0 Å². The Bertz CT molecular complexity index is 1310. The molecule has 0 spiro atoms. The summed E-state index contributed by atoms with van der Waals surface area (Å²) >= 11 is 0. The molecular weight excluding hydrogens is 507 g/mol. The summed E-state index contributed by atoms with van der Waals surface area (Å²) < 4.78 is 78.4. The van der Waals surface area contributed by atoms with Crippen LogP contribution in [0, 0.1) is 5.82 Å². The number of nitrogens with one attached hydrogen (secondary N) is 3. The van der Waals surface area contributed by atoms with Crippen molar-refractivity contribution in [1.29, 1.82) is 0 Å². The molecule has 1 fully saturated rings. The lowest BCUT2D eigenvalue weighted by molar-refractivity contribution is -0.117. The number of benzene rings is 1. The maximum absolute atomic E-state index is 15.0. The van der Waals surface area contributed by atoms with Gasteiger partial charge in [-0.3, -0.25) is 4.79 Å². The van der Waals surface area contributed by atoms with Gasteiger partial charge in [0.1, 0.15) is 17.5 Å². The van der Waals surface area contributed by atoms with Gasteiger partial charge in [0.05, 0.1) is 34.4 Å². The number of hydrogen-bond acceptors (Lipinski definition) is 9. The van der Waals surface area contributed by atoms with Gasteiger partial charge in [0.25, 0.3) is 5.92 Å². The van der Waals surface area contributed by atoms with Gasteiger partial charge < -0.3 is 25.2 Å². The van der Waals surface area contributed by atoms with Crippen molar-refractivity contribution in [3.05, 3.63) is 23.8 Å². The summed E-state index contributed by atoms with van der Waals surface area (Å²) in [5.74, 6) is -6.97. The van der Waals surface area contributed by atoms with Crippen molar-refractivity contribution < 1.29 is 40.4 Å². The molecule has 2 amide bonds. The van der Waals surface area contributed by atoms with Crippen LogP contribution in [0.25, 0.3) is 11.4 Å². The van der Waals surface area contributed by atoms with Crippen molar-refractivity contribution in [2.75, 3.05) is 24.2 Å². The highest BCUT2D eigenvalue weighted by Gasteiger charge is 2.40. The van der Waals surface area contributed by atoms with Crippen LogP contribution >= 0.6 is 0 Å². The number of carbonyl (C=O) groups excluding carboxylic acids is 2. The number of anilines is 1. The van der Waals surface area contributed by atoms with Crippen LogP contribution < -0.4 is 16.0 Å². The molecule has 1 saturated heterocycles. The maximum Gasteiger partial charge on any atom is 0.408 e. The van der Waals surface area contributed by atoms with Crippen molar-refractivity contribution >= 4 is 27.5 Å². The van der Waals surface area contributed by atoms with Crippen molar-refractivity contribution in [2.45, 2.75) is 55.6 Å². The van der Waals surface area contributed by atoms with Gasteiger partial charge >= 0.3 is 6.09 Å². The van der Waals surface area contributed by atoms with Crippen molar-refractivity contribution in [3.8, 4) is 11.4 Å². The molecule has 0 saturated carbocycles. The summed E-state index contributed by atoms with van der Waals surface area (Å²) in [5, 5.41) is 10.8. The van der Waals surface area contributed by atoms with Crippen molar-refractivity contribution in [1.82, 2.24) is 20.8 Å². The van der Waals surface area contributed by atoms with Gasteiger partial charge in [-0.15, -0.1) is 0 Å². The minimum absolute atomic E-state index is 0.135. The highest BCUT2D eigenvalue weighted by Crippen LogP contribution is 2.35. The molecule has 1 aromatic carbocycles. The van der Waals surface area contributed by atoms with Gasteiger partial charge in [-0.05, 0) is 32.9 Å². The Morgan fingerprint density at radius 1 is 1.31 bits per heavy atom. The number of piperidine rings is 1. The van der Waals surface area contributed by atoms with Gasteiger partial charge in [-0.1, -0.05) is 5.16 Å². The number of amides is 2. The molecular formula is C21H24F3N5O6S. The molecule has 196 valence electrons. The molecule has 1 unspecified atom stereocenters. The first-order valence-corrected chi connectivity index (χ1v) is 12.6. The molecule has 15 heteroatoms. The summed E-state index contributed by atoms with van der Waals surface area (Å²) in [6.07, 6.45) is -1.54. The molecule has 0 bridgehead atoms. The molecule has 2 aliphatic rings. The fourth-order valence-corrected chi connectivity index (χ4v) is 5.44. The maximum atomic E-state index is 15.0. The fraction of sp³-hybridized carbons (Fsp3) is 0.524. The number of sulfone groups is 1. The number of hydrogen-bond donors (Lipinski definition) is 3. The topological polar surface area (TPSA) is 153 Å². The molecule has 0 aliphatic carbocycles. The number of nitrogens with zero attached hydrogens (tertiary/aromatic N) is 2. The van der Waals surface area contributed by atoms with Crippen LogP contribution in [0.3, 0.4) is 0 Å². The van der Waals surface area contributed by atoms with Crippen molar-refractivity contribution in [3.63, 3.8) is 0 Å². The van der Waals surface area contributed by atoms with Gasteiger partial charge in [0, 0.05) is 13.0 Å². The Balaban J connectivity index is 1.62. The molecule has 2 atom stereocenters. The molecule has 0 radical (unpaired) electrons. The van der Waals surface area contributed by atoms with Crippen LogP contribution in [0.15, 0.2) is 21.6 Å². The third kappa shape index (κ3) is 5.61. The minimum Gasteiger partial charge on any atom is -0.444 e. The second-order valence-corrected chi connectivity index (χ2v) is 11.6. The Hall–Kier alpha value is -3.20. The number of alkyl carbamates (subject to hydrolysis) is 1. The highest BCUT2D eigenvalue weighted by atomic mass is 32.2. The average molecular weight is 532 g/mol. The number of fused-ring (bicyclic) bond motifs is 1. The monoisotopic (exact) mass is 531 g/mol. The van der Waals surface area contributed by atoms with E-state index in [0.717, 1.165) is 6.07 Å². The van der Waals surface area contributed by atoms with Gasteiger partial charge in [0.2, 0.25) is 17.6 Å². The van der Waals surface area contributed by atoms with E-state index < -0.39 is 74.8 Å². The van der Waals surface area contributed by atoms with E-state index in [9.17, 15) is 31.2 Å². The van der Waals surface area contributed by atoms with Crippen LogP contribution in [-0.2, 0) is 19.4 Å². The molecule has 2 aromatic rings. The Labute approximate surface area is 204 Å². The second kappa shape index (κ2) is 9.03. The Morgan fingerprint density at radius 2 is 2.03 bits per heavy atom. The van der Waals surface area contributed by atoms with E-state index in [1.165, 1.54) is 0 Å². The quantitative estimate of drug-likeness (QED) is 0.541. The smallest absolute Gasteiger partial charge is 0.408 e. The predicted octanol–water partition coefficient (Wildman–Crippen LogP) is 2.21. The first-order valence-electron chi connectivity index (χ1n) is 10.9. The number of carbonyl (C=O) groups is 2. The van der Waals surface area contributed by atoms with Crippen LogP contribution in [0.2, 0.25) is 0 Å². The molecule has 11 nitrogen and oxygen atoms in total. The second-order valence-electron chi connectivity index (χ2n) is 9.64. The van der Waals surface area contributed by atoms with E-state index in [-0.39, 0.29) is 29.5 Å². The van der Waals surface area contributed by atoms with E-state index in [1.54, 1.807) is 20.8 Å². The third-order valence-electron chi connectivity index (χ3n) is 5.41. The zero-order valence-corrected chi connectivity index (χ0v) is 20.3. The number of aromatic nitrogens is 2. The van der Waals surface area contributed by atoms with E-state index in [1.807, 2.05) is 0 Å². The van der Waals surface area contributed by atoms with Gasteiger partial charge in [0.15, 0.2) is 9.84 Å². The molecule has 2 aliphatic heterocycles. The van der Waals surface area contributed by atoms with Crippen LogP contribution in [0.4, 0.5) is 23.7 Å². The van der Waals surface area contributed by atoms with Crippen molar-refractivity contribution in [2.24, 2.45) is 0 Å². The summed E-state index contributed by atoms with van der Waals surface area (Å²) in [4.78, 5) is 28.3. The third-order valence-corrected chi connectivity index (χ3v) is 7.19. The van der Waals surface area contributed by atoms with E-state index >= 15 is 0 Å². The number of alkyl halides is 2. The zero-order chi connectivity index (χ0) is 26.5. The highest BCUT2D eigenvalue weighted by molar-refractivity contribution is 7.91. The normalized spacial score (nSPS) is 23.2. The molecule has 36 heavy (non-hydrogen) atoms. The van der Waals surface area contributed by atoms with Crippen LogP contribution in [0.5, 0.6) is 0 Å².